The fourth-order valence-corrected chi connectivity index (χ4v) is 3.09. The highest BCUT2D eigenvalue weighted by Crippen LogP contribution is 2.33. The fourth-order valence-electron chi connectivity index (χ4n) is 2.57. The first-order valence-corrected chi connectivity index (χ1v) is 10.7. The lowest BCUT2D eigenvalue weighted by molar-refractivity contribution is 0.201. The molecule has 3 aromatic rings. The molecule has 0 aliphatic heterocycles. The minimum absolute atomic E-state index is 0.0836. The number of nitrogens with zero attached hydrogens (tertiary/aromatic N) is 2. The molecule has 1 heterocycles. The summed E-state index contributed by atoms with van der Waals surface area (Å²) < 4.78 is 28.0. The van der Waals surface area contributed by atoms with E-state index >= 15 is 0 Å². The van der Waals surface area contributed by atoms with E-state index in [1.54, 1.807) is 19.2 Å². The third kappa shape index (κ3) is 6.03. The molecule has 4 N–H and O–H groups in total. The number of aliphatic hydroxyl groups is 1. The maximum absolute atomic E-state index is 14.4. The molecular formula is C20H21ClFN5O3S. The summed E-state index contributed by atoms with van der Waals surface area (Å²) in [6, 6.07) is 9.75. The molecular weight excluding hydrogens is 445 g/mol. The molecule has 164 valence electrons. The Balaban J connectivity index is 1.81. The highest BCUT2D eigenvalue weighted by atomic mass is 35.5. The van der Waals surface area contributed by atoms with Gasteiger partial charge >= 0.3 is 0 Å². The third-order valence-electron chi connectivity index (χ3n) is 3.98. The van der Waals surface area contributed by atoms with E-state index in [0.717, 1.165) is 11.4 Å². The van der Waals surface area contributed by atoms with Crippen molar-refractivity contribution in [3.8, 4) is 11.5 Å². The lowest BCUT2D eigenvalue weighted by atomic mass is 10.2. The summed E-state index contributed by atoms with van der Waals surface area (Å²) in [7, 11) is 1.59. The normalized spacial score (nSPS) is 10.5. The quantitative estimate of drug-likeness (QED) is 0.314. The van der Waals surface area contributed by atoms with Gasteiger partial charge in [-0.3, -0.25) is 0 Å². The van der Waals surface area contributed by atoms with Crippen molar-refractivity contribution in [2.45, 2.75) is 0 Å². The Kier molecular flexibility index (Phi) is 7.99. The van der Waals surface area contributed by atoms with Gasteiger partial charge in [0.1, 0.15) is 28.9 Å². The van der Waals surface area contributed by atoms with Crippen molar-refractivity contribution in [1.29, 1.82) is 0 Å². The van der Waals surface area contributed by atoms with Crippen molar-refractivity contribution in [3.63, 3.8) is 0 Å². The van der Waals surface area contributed by atoms with Gasteiger partial charge in [-0.15, -0.1) is 0 Å². The number of methoxy groups -OCH3 is 1. The van der Waals surface area contributed by atoms with Crippen LogP contribution in [0.4, 0.5) is 33.2 Å². The molecule has 3 rings (SSSR count). The smallest absolute Gasteiger partial charge is 0.229 e. The molecule has 11 heteroatoms. The highest BCUT2D eigenvalue weighted by Gasteiger charge is 2.12. The molecule has 0 fully saturated rings. The predicted octanol–water partition coefficient (Wildman–Crippen LogP) is 4.83. The number of ether oxygens (including phenoxy) is 2. The second kappa shape index (κ2) is 10.9. The van der Waals surface area contributed by atoms with Crippen LogP contribution in [0, 0.1) is 5.82 Å². The van der Waals surface area contributed by atoms with E-state index in [1.807, 2.05) is 18.4 Å². The number of nitrogens with one attached hydrogen (secondary N) is 3. The summed E-state index contributed by atoms with van der Waals surface area (Å²) in [5.41, 5.74) is 1.66. The summed E-state index contributed by atoms with van der Waals surface area (Å²) >= 11 is 7.69. The SMILES string of the molecule is COc1ccc(Nc2nc(Nc3ccc(OCCO)cc3F)ncc2Cl)c(NSC)c1. The largest absolute Gasteiger partial charge is 0.497 e. The van der Waals surface area contributed by atoms with E-state index in [2.05, 4.69) is 25.3 Å². The summed E-state index contributed by atoms with van der Waals surface area (Å²) in [6.07, 6.45) is 3.32. The van der Waals surface area contributed by atoms with Gasteiger partial charge < -0.3 is 29.9 Å². The van der Waals surface area contributed by atoms with Crippen molar-refractivity contribution in [2.75, 3.05) is 41.9 Å². The number of hydrogen-bond acceptors (Lipinski definition) is 9. The van der Waals surface area contributed by atoms with E-state index in [0.29, 0.717) is 22.3 Å². The number of rotatable bonds is 10. The molecule has 0 amide bonds. The molecule has 0 aliphatic rings. The van der Waals surface area contributed by atoms with Crippen LogP contribution in [-0.4, -0.2) is 41.7 Å². The van der Waals surface area contributed by atoms with Gasteiger partial charge in [0.2, 0.25) is 5.95 Å². The van der Waals surface area contributed by atoms with Crippen molar-refractivity contribution >= 4 is 52.4 Å². The Morgan fingerprint density at radius 1 is 1.10 bits per heavy atom. The second-order valence-electron chi connectivity index (χ2n) is 6.07. The van der Waals surface area contributed by atoms with Gasteiger partial charge in [-0.2, -0.15) is 4.98 Å². The lowest BCUT2D eigenvalue weighted by Gasteiger charge is -2.15. The first-order valence-electron chi connectivity index (χ1n) is 9.11. The van der Waals surface area contributed by atoms with Crippen LogP contribution in [0.25, 0.3) is 0 Å². The molecule has 0 unspecified atom stereocenters. The number of halogens is 2. The average Bonchev–Trinajstić information content (AvgIpc) is 2.77. The lowest BCUT2D eigenvalue weighted by Crippen LogP contribution is -2.05. The molecule has 31 heavy (non-hydrogen) atoms. The van der Waals surface area contributed by atoms with E-state index in [4.69, 9.17) is 26.2 Å². The number of aliphatic hydroxyl groups excluding tert-OH is 1. The minimum Gasteiger partial charge on any atom is -0.497 e. The van der Waals surface area contributed by atoms with Crippen LogP contribution in [0.1, 0.15) is 0 Å². The van der Waals surface area contributed by atoms with Crippen molar-refractivity contribution < 1.29 is 19.0 Å². The number of aromatic nitrogens is 2. The Hall–Kier alpha value is -2.95. The maximum Gasteiger partial charge on any atom is 0.229 e. The first kappa shape index (κ1) is 22.7. The molecule has 0 radical (unpaired) electrons. The molecule has 8 nitrogen and oxygen atoms in total. The predicted molar refractivity (Wildman–Crippen MR) is 123 cm³/mol. The molecule has 0 saturated carbocycles. The Labute approximate surface area is 188 Å². The second-order valence-corrected chi connectivity index (χ2v) is 7.09. The molecule has 0 saturated heterocycles. The zero-order chi connectivity index (χ0) is 22.2. The maximum atomic E-state index is 14.4. The van der Waals surface area contributed by atoms with Crippen LogP contribution in [0.5, 0.6) is 11.5 Å². The van der Waals surface area contributed by atoms with Gasteiger partial charge in [0, 0.05) is 18.4 Å². The van der Waals surface area contributed by atoms with E-state index in [-0.39, 0.29) is 24.8 Å². The third-order valence-corrected chi connectivity index (χ3v) is 4.68. The van der Waals surface area contributed by atoms with Gasteiger partial charge in [-0.1, -0.05) is 23.5 Å². The standard InChI is InChI=1S/C20H21ClFN5O3S/c1-29-12-3-6-17(18(10-12)27-31-2)24-19-14(21)11-23-20(26-19)25-16-5-4-13(9-15(16)22)30-8-7-28/h3-6,9-11,27-28H,7-8H2,1-2H3,(H2,23,24,25,26). The number of hydrogen-bond donors (Lipinski definition) is 4. The topological polar surface area (TPSA) is 101 Å². The Bertz CT molecular complexity index is 1040. The van der Waals surface area contributed by atoms with E-state index < -0.39 is 5.82 Å². The molecule has 0 atom stereocenters. The van der Waals surface area contributed by atoms with Crippen LogP contribution in [-0.2, 0) is 0 Å². The molecule has 2 aromatic carbocycles. The molecule has 0 aliphatic carbocycles. The number of anilines is 5. The molecule has 0 spiro atoms. The molecule has 1 aromatic heterocycles. The monoisotopic (exact) mass is 465 g/mol. The van der Waals surface area contributed by atoms with Crippen molar-refractivity contribution in [1.82, 2.24) is 9.97 Å². The van der Waals surface area contributed by atoms with Crippen molar-refractivity contribution in [3.05, 3.63) is 53.4 Å². The first-order chi connectivity index (χ1) is 15.0. The van der Waals surface area contributed by atoms with Crippen LogP contribution in [0.3, 0.4) is 0 Å². The Morgan fingerprint density at radius 2 is 1.87 bits per heavy atom. The summed E-state index contributed by atoms with van der Waals surface area (Å²) in [6.45, 7) is -0.0708. The highest BCUT2D eigenvalue weighted by molar-refractivity contribution is 7.99. The zero-order valence-electron chi connectivity index (χ0n) is 16.8. The van der Waals surface area contributed by atoms with Gasteiger partial charge in [-0.25, -0.2) is 9.37 Å². The zero-order valence-corrected chi connectivity index (χ0v) is 18.4. The van der Waals surface area contributed by atoms with Gasteiger partial charge in [0.15, 0.2) is 5.82 Å². The van der Waals surface area contributed by atoms with Crippen LogP contribution >= 0.6 is 23.5 Å². The fraction of sp³-hybridized carbons (Fsp3) is 0.200. The van der Waals surface area contributed by atoms with Crippen molar-refractivity contribution in [2.24, 2.45) is 0 Å². The van der Waals surface area contributed by atoms with E-state index in [9.17, 15) is 4.39 Å². The van der Waals surface area contributed by atoms with E-state index in [1.165, 1.54) is 30.3 Å². The average molecular weight is 466 g/mol. The van der Waals surface area contributed by atoms with Gasteiger partial charge in [0.05, 0.1) is 37.0 Å². The van der Waals surface area contributed by atoms with Gasteiger partial charge in [-0.05, 0) is 24.3 Å². The Morgan fingerprint density at radius 3 is 2.58 bits per heavy atom. The van der Waals surface area contributed by atoms with Crippen LogP contribution < -0.4 is 24.8 Å². The molecule has 0 bridgehead atoms. The summed E-state index contributed by atoms with van der Waals surface area (Å²) in [5.74, 6) is 0.953. The summed E-state index contributed by atoms with van der Waals surface area (Å²) in [4.78, 5) is 8.47. The van der Waals surface area contributed by atoms with Crippen LogP contribution in [0.15, 0.2) is 42.6 Å². The van der Waals surface area contributed by atoms with Crippen LogP contribution in [0.2, 0.25) is 5.02 Å². The van der Waals surface area contributed by atoms with Gasteiger partial charge in [0.25, 0.3) is 0 Å². The summed E-state index contributed by atoms with van der Waals surface area (Å²) in [5, 5.41) is 15.1. The minimum atomic E-state index is -0.551. The number of benzene rings is 2.